The van der Waals surface area contributed by atoms with Crippen molar-refractivity contribution in [1.29, 1.82) is 0 Å². The third kappa shape index (κ3) is 4.23. The standard InChI is InChI=1S/C22H33NO4Si/c1-14(2)28(15(3)4,16(5)6)27-11-10-17-8-9-18-19(13-23-20(18)12-17)21(24)22(25)26-7/h8-9,12-16,23H,10-11H2,1-7H3. The van der Waals surface area contributed by atoms with E-state index in [2.05, 4.69) is 51.3 Å². The summed E-state index contributed by atoms with van der Waals surface area (Å²) in [4.78, 5) is 26.7. The van der Waals surface area contributed by atoms with Gasteiger partial charge in [-0.15, -0.1) is 0 Å². The lowest BCUT2D eigenvalue weighted by atomic mass is 10.1. The molecule has 0 atom stereocenters. The van der Waals surface area contributed by atoms with Crippen molar-refractivity contribution in [2.75, 3.05) is 13.7 Å². The topological polar surface area (TPSA) is 68.4 Å². The van der Waals surface area contributed by atoms with Crippen LogP contribution in [0.2, 0.25) is 16.6 Å². The third-order valence-electron chi connectivity index (χ3n) is 5.81. The number of carbonyl (C=O) groups excluding carboxylic acids is 2. The molecule has 1 N–H and O–H groups in total. The van der Waals surface area contributed by atoms with Gasteiger partial charge in [0.25, 0.3) is 5.78 Å². The molecule has 1 heterocycles. The Bertz CT molecular complexity index is 816. The first-order valence-corrected chi connectivity index (χ1v) is 12.2. The number of benzene rings is 1. The van der Waals surface area contributed by atoms with Gasteiger partial charge in [-0.05, 0) is 34.7 Å². The molecule has 1 aromatic carbocycles. The van der Waals surface area contributed by atoms with Gasteiger partial charge < -0.3 is 14.1 Å². The van der Waals surface area contributed by atoms with E-state index in [1.807, 2.05) is 18.2 Å². The minimum absolute atomic E-state index is 0.343. The van der Waals surface area contributed by atoms with Gasteiger partial charge in [-0.25, -0.2) is 4.79 Å². The molecule has 0 saturated heterocycles. The fourth-order valence-electron chi connectivity index (χ4n) is 4.57. The zero-order valence-corrected chi connectivity index (χ0v) is 19.1. The van der Waals surface area contributed by atoms with E-state index in [4.69, 9.17) is 4.43 Å². The van der Waals surface area contributed by atoms with Crippen molar-refractivity contribution in [3.8, 4) is 0 Å². The van der Waals surface area contributed by atoms with Crippen LogP contribution in [0.3, 0.4) is 0 Å². The van der Waals surface area contributed by atoms with E-state index >= 15 is 0 Å². The van der Waals surface area contributed by atoms with E-state index in [1.54, 1.807) is 6.20 Å². The van der Waals surface area contributed by atoms with Crippen LogP contribution in [-0.4, -0.2) is 38.8 Å². The molecular formula is C22H33NO4Si. The number of H-pyrrole nitrogens is 1. The number of hydrogen-bond acceptors (Lipinski definition) is 4. The van der Waals surface area contributed by atoms with E-state index in [0.717, 1.165) is 22.9 Å². The number of carbonyl (C=O) groups is 2. The van der Waals surface area contributed by atoms with Crippen LogP contribution in [0.4, 0.5) is 0 Å². The maximum atomic E-state index is 12.1. The second kappa shape index (κ2) is 9.05. The molecule has 0 aliphatic carbocycles. The molecule has 0 radical (unpaired) electrons. The normalized spacial score (nSPS) is 12.4. The largest absolute Gasteiger partial charge is 0.463 e. The minimum Gasteiger partial charge on any atom is -0.463 e. The highest BCUT2D eigenvalue weighted by Gasteiger charge is 2.44. The van der Waals surface area contributed by atoms with E-state index in [1.165, 1.54) is 7.11 Å². The smallest absolute Gasteiger partial charge is 0.379 e. The Balaban J connectivity index is 2.15. The van der Waals surface area contributed by atoms with Crippen molar-refractivity contribution < 1.29 is 18.8 Å². The average molecular weight is 404 g/mol. The summed E-state index contributed by atoms with van der Waals surface area (Å²) in [5.74, 6) is -1.48. The van der Waals surface area contributed by atoms with Crippen LogP contribution in [0.15, 0.2) is 24.4 Å². The number of rotatable bonds is 9. The molecule has 0 bridgehead atoms. The second-order valence-corrected chi connectivity index (χ2v) is 13.8. The van der Waals surface area contributed by atoms with Gasteiger partial charge in [-0.3, -0.25) is 4.79 Å². The third-order valence-corrected chi connectivity index (χ3v) is 11.9. The lowest BCUT2D eigenvalue weighted by molar-refractivity contribution is -0.135. The highest BCUT2D eigenvalue weighted by Crippen LogP contribution is 2.42. The quantitative estimate of drug-likeness (QED) is 0.268. The number of hydrogen-bond donors (Lipinski definition) is 1. The number of esters is 1. The number of fused-ring (bicyclic) bond motifs is 1. The van der Waals surface area contributed by atoms with Crippen molar-refractivity contribution >= 4 is 31.0 Å². The Morgan fingerprint density at radius 1 is 1.04 bits per heavy atom. The van der Waals surface area contributed by atoms with E-state index < -0.39 is 20.1 Å². The van der Waals surface area contributed by atoms with Crippen LogP contribution in [0.1, 0.15) is 57.5 Å². The number of nitrogens with one attached hydrogen (secondary N) is 1. The Kier molecular flexibility index (Phi) is 7.23. The number of aromatic nitrogens is 1. The lowest BCUT2D eigenvalue weighted by Gasteiger charge is -2.42. The first-order chi connectivity index (χ1) is 13.1. The molecular weight excluding hydrogens is 370 g/mol. The van der Waals surface area contributed by atoms with Crippen LogP contribution in [0.25, 0.3) is 10.9 Å². The molecule has 0 aliphatic rings. The summed E-state index contributed by atoms with van der Waals surface area (Å²) < 4.78 is 11.2. The predicted molar refractivity (Wildman–Crippen MR) is 115 cm³/mol. The molecule has 0 spiro atoms. The van der Waals surface area contributed by atoms with Gasteiger partial charge >= 0.3 is 5.97 Å². The molecule has 154 valence electrons. The summed E-state index contributed by atoms with van der Waals surface area (Å²) in [6.07, 6.45) is 2.38. The van der Waals surface area contributed by atoms with Gasteiger partial charge in [0, 0.05) is 23.7 Å². The SMILES string of the molecule is COC(=O)C(=O)c1c[nH]c2cc(CCO[Si](C(C)C)(C(C)C)C(C)C)ccc12. The Labute approximate surface area is 168 Å². The molecule has 0 fully saturated rings. The molecule has 2 aromatic rings. The average Bonchev–Trinajstić information content (AvgIpc) is 3.06. The zero-order valence-electron chi connectivity index (χ0n) is 18.1. The van der Waals surface area contributed by atoms with Crippen molar-refractivity contribution in [2.24, 2.45) is 0 Å². The molecule has 0 amide bonds. The summed E-state index contributed by atoms with van der Waals surface area (Å²) >= 11 is 0. The van der Waals surface area contributed by atoms with Crippen molar-refractivity contribution in [3.63, 3.8) is 0 Å². The summed E-state index contributed by atoms with van der Waals surface area (Å²) in [5, 5.41) is 0.732. The molecule has 0 aliphatic heterocycles. The summed E-state index contributed by atoms with van der Waals surface area (Å²) in [6.45, 7) is 14.4. The van der Waals surface area contributed by atoms with Gasteiger partial charge in [0.15, 0.2) is 8.32 Å². The number of Topliss-reactive ketones (excluding diaryl/α,β-unsaturated/α-hetero) is 1. The van der Waals surface area contributed by atoms with Crippen molar-refractivity contribution in [1.82, 2.24) is 4.98 Å². The maximum Gasteiger partial charge on any atom is 0.379 e. The van der Waals surface area contributed by atoms with Gasteiger partial charge in [0.1, 0.15) is 0 Å². The second-order valence-electron chi connectivity index (χ2n) is 8.32. The molecule has 2 rings (SSSR count). The summed E-state index contributed by atoms with van der Waals surface area (Å²) in [5.41, 5.74) is 4.01. The Morgan fingerprint density at radius 2 is 1.64 bits per heavy atom. The summed E-state index contributed by atoms with van der Waals surface area (Å²) in [7, 11) is -0.656. The van der Waals surface area contributed by atoms with Crippen molar-refractivity contribution in [2.45, 2.75) is 64.6 Å². The van der Waals surface area contributed by atoms with Gasteiger partial charge in [-0.1, -0.05) is 53.7 Å². The fourth-order valence-corrected chi connectivity index (χ4v) is 10.0. The van der Waals surface area contributed by atoms with Crippen LogP contribution < -0.4 is 0 Å². The monoisotopic (exact) mass is 403 g/mol. The molecule has 1 aromatic heterocycles. The van der Waals surface area contributed by atoms with Gasteiger partial charge in [-0.2, -0.15) is 0 Å². The van der Waals surface area contributed by atoms with E-state index in [9.17, 15) is 9.59 Å². The van der Waals surface area contributed by atoms with E-state index in [0.29, 0.717) is 28.8 Å². The van der Waals surface area contributed by atoms with Crippen LogP contribution in [0.5, 0.6) is 0 Å². The predicted octanol–water partition coefficient (Wildman–Crippen LogP) is 5.26. The fraction of sp³-hybridized carbons (Fsp3) is 0.545. The number of methoxy groups -OCH3 is 1. The first-order valence-electron chi connectivity index (χ1n) is 10.0. The molecule has 6 heteroatoms. The molecule has 0 saturated carbocycles. The van der Waals surface area contributed by atoms with Gasteiger partial charge in [0.05, 0.1) is 12.7 Å². The number of aromatic amines is 1. The van der Waals surface area contributed by atoms with Crippen LogP contribution >= 0.6 is 0 Å². The molecule has 0 unspecified atom stereocenters. The lowest BCUT2D eigenvalue weighted by Crippen LogP contribution is -2.48. The van der Waals surface area contributed by atoms with Crippen molar-refractivity contribution in [3.05, 3.63) is 35.5 Å². The summed E-state index contributed by atoms with van der Waals surface area (Å²) in [6, 6.07) is 5.91. The maximum absolute atomic E-state index is 12.1. The van der Waals surface area contributed by atoms with Gasteiger partial charge in [0.2, 0.25) is 0 Å². The first kappa shape index (κ1) is 22.4. The Hall–Kier alpha value is -1.92. The molecule has 5 nitrogen and oxygen atoms in total. The highest BCUT2D eigenvalue weighted by molar-refractivity contribution is 6.77. The number of ether oxygens (including phenoxy) is 1. The minimum atomic E-state index is -1.87. The number of ketones is 1. The van der Waals surface area contributed by atoms with Crippen LogP contribution in [0, 0.1) is 0 Å². The van der Waals surface area contributed by atoms with E-state index in [-0.39, 0.29) is 0 Å². The highest BCUT2D eigenvalue weighted by atomic mass is 28.4. The molecule has 28 heavy (non-hydrogen) atoms. The van der Waals surface area contributed by atoms with Crippen LogP contribution in [-0.2, 0) is 20.4 Å². The zero-order chi connectivity index (χ0) is 21.1. The Morgan fingerprint density at radius 3 is 2.18 bits per heavy atom.